The number of aryl methyl sites for hydroxylation is 2. The van der Waals surface area contributed by atoms with Crippen LogP contribution in [-0.2, 0) is 13.0 Å². The molecule has 2 nitrogen and oxygen atoms in total. The molecule has 6 heteroatoms. The molecule has 1 aromatic carbocycles. The van der Waals surface area contributed by atoms with E-state index in [2.05, 4.69) is 4.98 Å². The summed E-state index contributed by atoms with van der Waals surface area (Å²) in [6, 6.07) is 0. The molecule has 0 fully saturated rings. The number of hydrogen-bond donors (Lipinski definition) is 0. The van der Waals surface area contributed by atoms with Gasteiger partial charge in [0, 0.05) is 13.0 Å². The Hall–Kier alpha value is -1.59. The third kappa shape index (κ3) is 1.44. The third-order valence-corrected chi connectivity index (χ3v) is 3.32. The average molecular weight is 258 g/mol. The van der Waals surface area contributed by atoms with Crippen molar-refractivity contribution in [2.45, 2.75) is 32.2 Å². The molecule has 0 saturated carbocycles. The SMILES string of the molecule is Fc1c(F)c(F)c2c(nc3n2CCCCC3)c1F. The van der Waals surface area contributed by atoms with Crippen LogP contribution in [-0.4, -0.2) is 9.55 Å². The summed E-state index contributed by atoms with van der Waals surface area (Å²) in [5.74, 6) is -5.85. The molecule has 2 heterocycles. The topological polar surface area (TPSA) is 17.8 Å². The Morgan fingerprint density at radius 3 is 2.33 bits per heavy atom. The number of benzene rings is 1. The highest BCUT2D eigenvalue weighted by atomic mass is 19.2. The molecule has 0 unspecified atom stereocenters. The largest absolute Gasteiger partial charge is 0.325 e. The standard InChI is InChI=1S/C12H10F4N2/c13-7-8(14)10(16)12-11(9(7)15)17-6-4-2-1-3-5-18(6)12/h1-5H2. The predicted molar refractivity (Wildman–Crippen MR) is 57.1 cm³/mol. The smallest absolute Gasteiger partial charge is 0.199 e. The van der Waals surface area contributed by atoms with E-state index in [-0.39, 0.29) is 5.52 Å². The quantitative estimate of drug-likeness (QED) is 0.402. The Morgan fingerprint density at radius 1 is 0.833 bits per heavy atom. The first kappa shape index (κ1) is 11.5. The number of fused-ring (bicyclic) bond motifs is 3. The zero-order chi connectivity index (χ0) is 12.9. The van der Waals surface area contributed by atoms with E-state index in [0.717, 1.165) is 19.3 Å². The summed E-state index contributed by atoms with van der Waals surface area (Å²) in [6.07, 6.45) is 3.17. The van der Waals surface area contributed by atoms with Gasteiger partial charge in [-0.05, 0) is 12.8 Å². The second kappa shape index (κ2) is 3.96. The zero-order valence-electron chi connectivity index (χ0n) is 9.44. The van der Waals surface area contributed by atoms with Gasteiger partial charge in [0.05, 0.1) is 0 Å². The molecular formula is C12H10F4N2. The van der Waals surface area contributed by atoms with Crippen molar-refractivity contribution in [3.8, 4) is 0 Å². The molecule has 0 aliphatic carbocycles. The highest BCUT2D eigenvalue weighted by Gasteiger charge is 2.26. The first-order valence-electron chi connectivity index (χ1n) is 5.82. The van der Waals surface area contributed by atoms with Gasteiger partial charge in [0.15, 0.2) is 23.3 Å². The lowest BCUT2D eigenvalue weighted by Gasteiger charge is -2.06. The highest BCUT2D eigenvalue weighted by molar-refractivity contribution is 5.78. The lowest BCUT2D eigenvalue weighted by atomic mass is 10.2. The van der Waals surface area contributed by atoms with Gasteiger partial charge in [-0.25, -0.2) is 22.5 Å². The van der Waals surface area contributed by atoms with E-state index in [4.69, 9.17) is 0 Å². The molecule has 96 valence electrons. The normalized spacial score (nSPS) is 15.8. The van der Waals surface area contributed by atoms with E-state index in [1.165, 1.54) is 4.57 Å². The van der Waals surface area contributed by atoms with Crippen LogP contribution in [0.25, 0.3) is 11.0 Å². The summed E-state index contributed by atoms with van der Waals surface area (Å²) in [4.78, 5) is 3.92. The van der Waals surface area contributed by atoms with Crippen LogP contribution in [0.4, 0.5) is 17.6 Å². The minimum absolute atomic E-state index is 0.261. The zero-order valence-corrected chi connectivity index (χ0v) is 9.44. The van der Waals surface area contributed by atoms with Crippen LogP contribution < -0.4 is 0 Å². The fourth-order valence-electron chi connectivity index (χ4n) is 2.44. The summed E-state index contributed by atoms with van der Waals surface area (Å²) in [5, 5.41) is 0. The van der Waals surface area contributed by atoms with Gasteiger partial charge >= 0.3 is 0 Å². The van der Waals surface area contributed by atoms with Crippen molar-refractivity contribution in [3.63, 3.8) is 0 Å². The van der Waals surface area contributed by atoms with Gasteiger partial charge in [0.25, 0.3) is 0 Å². The first-order valence-corrected chi connectivity index (χ1v) is 5.82. The lowest BCUT2D eigenvalue weighted by molar-refractivity contribution is 0.415. The van der Waals surface area contributed by atoms with Gasteiger partial charge in [-0.1, -0.05) is 6.42 Å². The van der Waals surface area contributed by atoms with Crippen LogP contribution in [0, 0.1) is 23.3 Å². The van der Waals surface area contributed by atoms with Crippen molar-refractivity contribution >= 4 is 11.0 Å². The van der Waals surface area contributed by atoms with E-state index < -0.39 is 28.8 Å². The average Bonchev–Trinajstić information content (AvgIpc) is 2.57. The molecule has 0 radical (unpaired) electrons. The number of hydrogen-bond acceptors (Lipinski definition) is 1. The molecule has 0 atom stereocenters. The number of rotatable bonds is 0. The summed E-state index contributed by atoms with van der Waals surface area (Å²) < 4.78 is 55.1. The van der Waals surface area contributed by atoms with Crippen molar-refractivity contribution in [2.75, 3.05) is 0 Å². The highest BCUT2D eigenvalue weighted by Crippen LogP contribution is 2.29. The molecule has 1 aliphatic heterocycles. The Bertz CT molecular complexity index is 633. The van der Waals surface area contributed by atoms with Gasteiger partial charge in [0.1, 0.15) is 16.9 Å². The molecule has 3 rings (SSSR count). The van der Waals surface area contributed by atoms with Crippen molar-refractivity contribution in [1.29, 1.82) is 0 Å². The maximum absolute atomic E-state index is 13.8. The van der Waals surface area contributed by atoms with E-state index in [9.17, 15) is 17.6 Å². The van der Waals surface area contributed by atoms with Gasteiger partial charge in [-0.15, -0.1) is 0 Å². The van der Waals surface area contributed by atoms with E-state index in [1.807, 2.05) is 0 Å². The van der Waals surface area contributed by atoms with E-state index >= 15 is 0 Å². The van der Waals surface area contributed by atoms with Crippen LogP contribution >= 0.6 is 0 Å². The predicted octanol–water partition coefficient (Wildman–Crippen LogP) is 3.32. The Balaban J connectivity index is 2.40. The fourth-order valence-corrected chi connectivity index (χ4v) is 2.44. The van der Waals surface area contributed by atoms with Gasteiger partial charge in [-0.3, -0.25) is 0 Å². The van der Waals surface area contributed by atoms with Gasteiger partial charge in [0.2, 0.25) is 0 Å². The number of nitrogens with zero attached hydrogens (tertiary/aromatic N) is 2. The van der Waals surface area contributed by atoms with E-state index in [1.54, 1.807) is 0 Å². The van der Waals surface area contributed by atoms with Crippen LogP contribution in [0.3, 0.4) is 0 Å². The second-order valence-corrected chi connectivity index (χ2v) is 4.44. The summed E-state index contributed by atoms with van der Waals surface area (Å²) in [5.41, 5.74) is -0.674. The monoisotopic (exact) mass is 258 g/mol. The Morgan fingerprint density at radius 2 is 1.56 bits per heavy atom. The van der Waals surface area contributed by atoms with Crippen LogP contribution in [0.1, 0.15) is 25.1 Å². The molecule has 1 aromatic heterocycles. The molecule has 0 amide bonds. The lowest BCUT2D eigenvalue weighted by Crippen LogP contribution is -2.04. The Kier molecular flexibility index (Phi) is 2.53. The first-order chi connectivity index (χ1) is 8.61. The van der Waals surface area contributed by atoms with E-state index in [0.29, 0.717) is 18.8 Å². The maximum atomic E-state index is 13.8. The van der Waals surface area contributed by atoms with Crippen molar-refractivity contribution < 1.29 is 17.6 Å². The minimum Gasteiger partial charge on any atom is -0.325 e. The summed E-state index contributed by atoms with van der Waals surface area (Å²) in [7, 11) is 0. The van der Waals surface area contributed by atoms with Crippen LogP contribution in [0.2, 0.25) is 0 Å². The van der Waals surface area contributed by atoms with Crippen molar-refractivity contribution in [1.82, 2.24) is 9.55 Å². The molecular weight excluding hydrogens is 248 g/mol. The molecule has 0 saturated heterocycles. The number of aromatic nitrogens is 2. The minimum atomic E-state index is -1.80. The van der Waals surface area contributed by atoms with Crippen LogP contribution in [0.5, 0.6) is 0 Å². The van der Waals surface area contributed by atoms with Crippen molar-refractivity contribution in [2.24, 2.45) is 0 Å². The van der Waals surface area contributed by atoms with Crippen LogP contribution in [0.15, 0.2) is 0 Å². The molecule has 0 bridgehead atoms. The van der Waals surface area contributed by atoms with Gasteiger partial charge in [-0.2, -0.15) is 0 Å². The molecule has 2 aromatic rings. The van der Waals surface area contributed by atoms with Crippen molar-refractivity contribution in [3.05, 3.63) is 29.1 Å². The fraction of sp³-hybridized carbons (Fsp3) is 0.417. The maximum Gasteiger partial charge on any atom is 0.199 e. The summed E-state index contributed by atoms with van der Waals surface area (Å²) in [6.45, 7) is 0.452. The summed E-state index contributed by atoms with van der Waals surface area (Å²) >= 11 is 0. The third-order valence-electron chi connectivity index (χ3n) is 3.32. The molecule has 18 heavy (non-hydrogen) atoms. The Labute approximate surface area is 100 Å². The molecule has 0 spiro atoms. The second-order valence-electron chi connectivity index (χ2n) is 4.44. The number of imidazole rings is 1. The molecule has 0 N–H and O–H groups in total. The number of halogens is 4. The van der Waals surface area contributed by atoms with Gasteiger partial charge < -0.3 is 4.57 Å². The molecule has 1 aliphatic rings.